The van der Waals surface area contributed by atoms with Gasteiger partial charge in [-0.1, -0.05) is 5.16 Å². The van der Waals surface area contributed by atoms with E-state index in [2.05, 4.69) is 20.4 Å². The Hall–Kier alpha value is -3.28. The van der Waals surface area contributed by atoms with Crippen LogP contribution in [0.5, 0.6) is 0 Å². The molecule has 118 valence electrons. The monoisotopic (exact) mass is 320 g/mol. The van der Waals surface area contributed by atoms with Crippen LogP contribution in [0.3, 0.4) is 0 Å². The number of aromatic nitrogens is 3. The third kappa shape index (κ3) is 2.58. The maximum Gasteiger partial charge on any atom is 0.208 e. The lowest BCUT2D eigenvalue weighted by Gasteiger charge is -2.09. The van der Waals surface area contributed by atoms with Crippen molar-refractivity contribution in [1.82, 2.24) is 15.1 Å². The summed E-state index contributed by atoms with van der Waals surface area (Å²) in [6, 6.07) is 11.8. The van der Waals surface area contributed by atoms with Crippen molar-refractivity contribution >= 4 is 22.5 Å². The minimum Gasteiger partial charge on any atom is -0.352 e. The molecule has 4 rings (SSSR count). The highest BCUT2D eigenvalue weighted by atomic mass is 19.1. The van der Waals surface area contributed by atoms with E-state index in [-0.39, 0.29) is 5.82 Å². The average Bonchev–Trinajstić information content (AvgIpc) is 2.98. The first kappa shape index (κ1) is 14.3. The highest BCUT2D eigenvalue weighted by Gasteiger charge is 2.14. The lowest BCUT2D eigenvalue weighted by Crippen LogP contribution is -1.94. The van der Waals surface area contributed by atoms with Crippen molar-refractivity contribution in [2.75, 3.05) is 5.32 Å². The van der Waals surface area contributed by atoms with Gasteiger partial charge >= 0.3 is 0 Å². The van der Waals surface area contributed by atoms with Crippen molar-refractivity contribution in [3.63, 3.8) is 0 Å². The number of fused-ring (bicyclic) bond motifs is 1. The van der Waals surface area contributed by atoms with Gasteiger partial charge in [-0.05, 0) is 49.4 Å². The van der Waals surface area contributed by atoms with Crippen molar-refractivity contribution in [3.8, 4) is 11.3 Å². The highest BCUT2D eigenvalue weighted by Crippen LogP contribution is 2.31. The first-order valence-electron chi connectivity index (χ1n) is 7.41. The summed E-state index contributed by atoms with van der Waals surface area (Å²) in [5, 5.41) is 7.29. The zero-order valence-corrected chi connectivity index (χ0v) is 12.8. The molecular formula is C18H13FN4O. The van der Waals surface area contributed by atoms with Crippen LogP contribution in [-0.4, -0.2) is 15.1 Å². The van der Waals surface area contributed by atoms with Gasteiger partial charge in [-0.25, -0.2) is 9.37 Å². The molecule has 0 unspecified atom stereocenters. The maximum atomic E-state index is 13.2. The molecule has 0 saturated heterocycles. The van der Waals surface area contributed by atoms with Crippen LogP contribution in [0.1, 0.15) is 5.69 Å². The third-order valence-corrected chi connectivity index (χ3v) is 3.69. The molecule has 0 spiro atoms. The van der Waals surface area contributed by atoms with Gasteiger partial charge in [0.15, 0.2) is 0 Å². The van der Waals surface area contributed by atoms with Crippen molar-refractivity contribution in [2.24, 2.45) is 0 Å². The van der Waals surface area contributed by atoms with E-state index in [4.69, 9.17) is 4.52 Å². The standard InChI is InChI=1S/C18H13FN4O/c1-11-17-18(24-23-11)16(21-14-6-8-20-9-7-14)10-15(22-17)12-2-4-13(19)5-3-12/h2-10H,1H3,(H,20,21,22). The molecule has 0 aliphatic carbocycles. The molecule has 0 bridgehead atoms. The molecule has 0 atom stereocenters. The molecule has 6 heteroatoms. The van der Waals surface area contributed by atoms with E-state index in [0.29, 0.717) is 22.5 Å². The SMILES string of the molecule is Cc1noc2c(Nc3ccncc3)cc(-c3ccc(F)cc3)nc12. The number of rotatable bonds is 3. The molecule has 0 fully saturated rings. The summed E-state index contributed by atoms with van der Waals surface area (Å²) in [6.07, 6.45) is 3.40. The number of hydrogen-bond acceptors (Lipinski definition) is 5. The Morgan fingerprint density at radius 1 is 1.04 bits per heavy atom. The summed E-state index contributed by atoms with van der Waals surface area (Å²) < 4.78 is 18.6. The molecule has 24 heavy (non-hydrogen) atoms. The number of benzene rings is 1. The lowest BCUT2D eigenvalue weighted by molar-refractivity contribution is 0.451. The molecule has 1 N–H and O–H groups in total. The predicted molar refractivity (Wildman–Crippen MR) is 89.5 cm³/mol. The van der Waals surface area contributed by atoms with E-state index in [9.17, 15) is 4.39 Å². The zero-order chi connectivity index (χ0) is 16.5. The fourth-order valence-electron chi connectivity index (χ4n) is 2.48. The molecule has 1 aromatic carbocycles. The Bertz CT molecular complexity index is 997. The predicted octanol–water partition coefficient (Wildman–Crippen LogP) is 4.48. The van der Waals surface area contributed by atoms with E-state index in [1.165, 1.54) is 12.1 Å². The largest absolute Gasteiger partial charge is 0.352 e. The number of anilines is 2. The summed E-state index contributed by atoms with van der Waals surface area (Å²) in [4.78, 5) is 8.61. The van der Waals surface area contributed by atoms with Gasteiger partial charge in [-0.15, -0.1) is 0 Å². The van der Waals surface area contributed by atoms with Gasteiger partial charge in [0.1, 0.15) is 17.0 Å². The summed E-state index contributed by atoms with van der Waals surface area (Å²) in [5.74, 6) is -0.281. The third-order valence-electron chi connectivity index (χ3n) is 3.69. The molecule has 4 aromatic rings. The zero-order valence-electron chi connectivity index (χ0n) is 12.8. The Labute approximate surface area is 137 Å². The van der Waals surface area contributed by atoms with Crippen LogP contribution in [0, 0.1) is 12.7 Å². The van der Waals surface area contributed by atoms with Gasteiger partial charge in [0.2, 0.25) is 5.58 Å². The van der Waals surface area contributed by atoms with Crippen LogP contribution in [0.25, 0.3) is 22.4 Å². The maximum absolute atomic E-state index is 13.2. The molecule has 0 aliphatic heterocycles. The topological polar surface area (TPSA) is 63.8 Å². The van der Waals surface area contributed by atoms with E-state index in [1.807, 2.05) is 25.1 Å². The van der Waals surface area contributed by atoms with Crippen molar-refractivity contribution in [2.45, 2.75) is 6.92 Å². The van der Waals surface area contributed by atoms with E-state index in [0.717, 1.165) is 16.9 Å². The van der Waals surface area contributed by atoms with Crippen LogP contribution in [-0.2, 0) is 0 Å². The molecule has 3 heterocycles. The molecule has 0 amide bonds. The van der Waals surface area contributed by atoms with Crippen LogP contribution >= 0.6 is 0 Å². The second-order valence-electron chi connectivity index (χ2n) is 5.37. The molecule has 5 nitrogen and oxygen atoms in total. The summed E-state index contributed by atoms with van der Waals surface area (Å²) >= 11 is 0. The number of nitrogens with one attached hydrogen (secondary N) is 1. The van der Waals surface area contributed by atoms with Crippen molar-refractivity contribution in [3.05, 3.63) is 66.4 Å². The lowest BCUT2D eigenvalue weighted by atomic mass is 10.1. The first-order chi connectivity index (χ1) is 11.7. The van der Waals surface area contributed by atoms with E-state index >= 15 is 0 Å². The normalized spacial score (nSPS) is 10.9. The van der Waals surface area contributed by atoms with E-state index in [1.54, 1.807) is 24.5 Å². The summed E-state index contributed by atoms with van der Waals surface area (Å²) in [6.45, 7) is 1.84. The molecule has 3 aromatic heterocycles. The Balaban J connectivity index is 1.86. The van der Waals surface area contributed by atoms with Gasteiger partial charge in [0.25, 0.3) is 0 Å². The number of pyridine rings is 2. The highest BCUT2D eigenvalue weighted by molar-refractivity contribution is 5.92. The number of aryl methyl sites for hydroxylation is 1. The molecule has 0 radical (unpaired) electrons. The first-order valence-corrected chi connectivity index (χ1v) is 7.41. The van der Waals surface area contributed by atoms with Gasteiger partial charge in [0.05, 0.1) is 11.4 Å². The quantitative estimate of drug-likeness (QED) is 0.603. The number of hydrogen-bond donors (Lipinski definition) is 1. The van der Waals surface area contributed by atoms with Crippen LogP contribution < -0.4 is 5.32 Å². The Morgan fingerprint density at radius 2 is 1.79 bits per heavy atom. The van der Waals surface area contributed by atoms with Gasteiger partial charge in [-0.3, -0.25) is 4.98 Å². The summed E-state index contributed by atoms with van der Waals surface area (Å²) in [5.41, 5.74) is 5.10. The van der Waals surface area contributed by atoms with Crippen LogP contribution in [0.2, 0.25) is 0 Å². The van der Waals surface area contributed by atoms with Crippen LogP contribution in [0.4, 0.5) is 15.8 Å². The fourth-order valence-corrected chi connectivity index (χ4v) is 2.48. The van der Waals surface area contributed by atoms with Crippen molar-refractivity contribution in [1.29, 1.82) is 0 Å². The molecular weight excluding hydrogens is 307 g/mol. The Morgan fingerprint density at radius 3 is 2.54 bits per heavy atom. The van der Waals surface area contributed by atoms with Gasteiger partial charge < -0.3 is 9.84 Å². The van der Waals surface area contributed by atoms with Gasteiger partial charge in [-0.2, -0.15) is 0 Å². The second kappa shape index (κ2) is 5.73. The minimum atomic E-state index is -0.281. The fraction of sp³-hybridized carbons (Fsp3) is 0.0556. The smallest absolute Gasteiger partial charge is 0.208 e. The Kier molecular flexibility index (Phi) is 3.42. The molecule has 0 saturated carbocycles. The van der Waals surface area contributed by atoms with Gasteiger partial charge in [0, 0.05) is 23.6 Å². The average molecular weight is 320 g/mol. The minimum absolute atomic E-state index is 0.281. The molecule has 0 aliphatic rings. The number of nitrogens with zero attached hydrogens (tertiary/aromatic N) is 3. The van der Waals surface area contributed by atoms with Crippen LogP contribution in [0.15, 0.2) is 59.4 Å². The van der Waals surface area contributed by atoms with E-state index < -0.39 is 0 Å². The summed E-state index contributed by atoms with van der Waals surface area (Å²) in [7, 11) is 0. The van der Waals surface area contributed by atoms with Crippen molar-refractivity contribution < 1.29 is 8.91 Å². The second-order valence-corrected chi connectivity index (χ2v) is 5.37. The number of halogens is 1.